The fourth-order valence-electron chi connectivity index (χ4n) is 2.60. The standard InChI is InChI=1S/C23H22ClN3O2/c1-27(2)21-13-9-18(10-14-21)23(28)26-25-15-19-5-3-4-6-22(19)29-16-17-7-11-20(24)12-8-17/h3-15H,16H2,1-2H3,(H,26,28)/b25-15+. The minimum Gasteiger partial charge on any atom is -0.488 e. The number of para-hydroxylation sites is 1. The van der Waals surface area contributed by atoms with Crippen LogP contribution in [-0.2, 0) is 6.61 Å². The Kier molecular flexibility index (Phi) is 6.87. The Balaban J connectivity index is 1.61. The summed E-state index contributed by atoms with van der Waals surface area (Å²) in [6.45, 7) is 0.409. The molecule has 0 fully saturated rings. The van der Waals surface area contributed by atoms with E-state index in [0.717, 1.165) is 16.8 Å². The SMILES string of the molecule is CN(C)c1ccc(C(=O)N/N=C/c2ccccc2OCc2ccc(Cl)cc2)cc1. The highest BCUT2D eigenvalue weighted by atomic mass is 35.5. The van der Waals surface area contributed by atoms with Gasteiger partial charge in [0.15, 0.2) is 0 Å². The molecule has 0 saturated carbocycles. The molecule has 1 amide bonds. The molecule has 0 aliphatic rings. The van der Waals surface area contributed by atoms with Gasteiger partial charge in [-0.3, -0.25) is 4.79 Å². The Morgan fingerprint density at radius 1 is 1.03 bits per heavy atom. The number of benzene rings is 3. The van der Waals surface area contributed by atoms with Crippen LogP contribution in [0.2, 0.25) is 5.02 Å². The zero-order valence-electron chi connectivity index (χ0n) is 16.3. The Morgan fingerprint density at radius 2 is 1.72 bits per heavy atom. The van der Waals surface area contributed by atoms with E-state index in [1.165, 1.54) is 0 Å². The first-order chi connectivity index (χ1) is 14.0. The molecule has 0 radical (unpaired) electrons. The maximum absolute atomic E-state index is 12.3. The van der Waals surface area contributed by atoms with Gasteiger partial charge in [-0.05, 0) is 54.1 Å². The average molecular weight is 408 g/mol. The molecule has 0 unspecified atom stereocenters. The number of carbonyl (C=O) groups excluding carboxylic acids is 1. The zero-order chi connectivity index (χ0) is 20.6. The number of carbonyl (C=O) groups is 1. The number of halogens is 1. The molecule has 3 aromatic carbocycles. The van der Waals surface area contributed by atoms with Crippen molar-refractivity contribution in [2.75, 3.05) is 19.0 Å². The molecular weight excluding hydrogens is 386 g/mol. The first-order valence-electron chi connectivity index (χ1n) is 9.10. The van der Waals surface area contributed by atoms with Crippen molar-refractivity contribution in [2.24, 2.45) is 5.10 Å². The molecule has 0 aromatic heterocycles. The summed E-state index contributed by atoms with van der Waals surface area (Å²) in [5.41, 5.74) is 5.89. The van der Waals surface area contributed by atoms with Crippen LogP contribution in [0.15, 0.2) is 77.9 Å². The second-order valence-electron chi connectivity index (χ2n) is 6.59. The third-order valence-electron chi connectivity index (χ3n) is 4.24. The van der Waals surface area contributed by atoms with E-state index < -0.39 is 0 Å². The fraction of sp³-hybridized carbons (Fsp3) is 0.130. The molecule has 3 rings (SSSR count). The van der Waals surface area contributed by atoms with Crippen LogP contribution in [0.4, 0.5) is 5.69 Å². The molecule has 5 nitrogen and oxygen atoms in total. The van der Waals surface area contributed by atoms with Gasteiger partial charge in [-0.15, -0.1) is 0 Å². The molecular formula is C23H22ClN3O2. The summed E-state index contributed by atoms with van der Waals surface area (Å²) < 4.78 is 5.89. The van der Waals surface area contributed by atoms with Gasteiger partial charge < -0.3 is 9.64 Å². The van der Waals surface area contributed by atoms with Crippen molar-refractivity contribution < 1.29 is 9.53 Å². The predicted octanol–water partition coefficient (Wildman–Crippen LogP) is 4.75. The van der Waals surface area contributed by atoms with Crippen LogP contribution < -0.4 is 15.1 Å². The van der Waals surface area contributed by atoms with Gasteiger partial charge in [-0.2, -0.15) is 5.10 Å². The largest absolute Gasteiger partial charge is 0.488 e. The summed E-state index contributed by atoms with van der Waals surface area (Å²) in [5, 5.41) is 4.76. The van der Waals surface area contributed by atoms with Crippen LogP contribution >= 0.6 is 11.6 Å². The Labute approximate surface area is 175 Å². The minimum atomic E-state index is -0.272. The van der Waals surface area contributed by atoms with E-state index in [1.54, 1.807) is 18.3 Å². The first-order valence-corrected chi connectivity index (χ1v) is 9.48. The van der Waals surface area contributed by atoms with Gasteiger partial charge in [-0.25, -0.2) is 5.43 Å². The highest BCUT2D eigenvalue weighted by molar-refractivity contribution is 6.30. The molecule has 0 atom stereocenters. The number of amides is 1. The third kappa shape index (κ3) is 5.83. The summed E-state index contributed by atoms with van der Waals surface area (Å²) in [4.78, 5) is 14.2. The number of ether oxygens (including phenoxy) is 1. The van der Waals surface area contributed by atoms with Gasteiger partial charge in [0.25, 0.3) is 5.91 Å². The number of hydrazone groups is 1. The van der Waals surface area contributed by atoms with Crippen LogP contribution in [0.1, 0.15) is 21.5 Å². The van der Waals surface area contributed by atoms with Gasteiger partial charge >= 0.3 is 0 Å². The van der Waals surface area contributed by atoms with Gasteiger partial charge in [0, 0.05) is 35.9 Å². The smallest absolute Gasteiger partial charge is 0.271 e. The maximum Gasteiger partial charge on any atom is 0.271 e. The number of rotatable bonds is 7. The second-order valence-corrected chi connectivity index (χ2v) is 7.03. The first kappa shape index (κ1) is 20.4. The predicted molar refractivity (Wildman–Crippen MR) is 118 cm³/mol. The fourth-order valence-corrected chi connectivity index (χ4v) is 2.72. The van der Waals surface area contributed by atoms with Crippen molar-refractivity contribution >= 4 is 29.4 Å². The molecule has 0 saturated heterocycles. The highest BCUT2D eigenvalue weighted by Gasteiger charge is 2.05. The van der Waals surface area contributed by atoms with Crippen LogP contribution in [0, 0.1) is 0 Å². The molecule has 0 aliphatic carbocycles. The van der Waals surface area contributed by atoms with E-state index in [0.29, 0.717) is 22.9 Å². The number of hydrogen-bond acceptors (Lipinski definition) is 4. The van der Waals surface area contributed by atoms with E-state index in [1.807, 2.05) is 79.7 Å². The summed E-state index contributed by atoms with van der Waals surface area (Å²) in [6.07, 6.45) is 1.57. The van der Waals surface area contributed by atoms with Crippen LogP contribution in [0.5, 0.6) is 5.75 Å². The third-order valence-corrected chi connectivity index (χ3v) is 4.49. The average Bonchev–Trinajstić information content (AvgIpc) is 2.74. The topological polar surface area (TPSA) is 53.9 Å². The lowest BCUT2D eigenvalue weighted by molar-refractivity contribution is 0.0955. The Hall–Kier alpha value is -3.31. The van der Waals surface area contributed by atoms with E-state index in [4.69, 9.17) is 16.3 Å². The molecule has 0 aliphatic heterocycles. The van der Waals surface area contributed by atoms with Crippen LogP contribution in [-0.4, -0.2) is 26.2 Å². The molecule has 148 valence electrons. The lowest BCUT2D eigenvalue weighted by Gasteiger charge is -2.12. The Morgan fingerprint density at radius 3 is 2.41 bits per heavy atom. The summed E-state index contributed by atoms with van der Waals surface area (Å²) >= 11 is 5.91. The minimum absolute atomic E-state index is 0.272. The molecule has 3 aromatic rings. The number of hydrogen-bond donors (Lipinski definition) is 1. The van der Waals surface area contributed by atoms with Crippen molar-refractivity contribution in [3.05, 3.63) is 94.5 Å². The number of anilines is 1. The molecule has 0 heterocycles. The van der Waals surface area contributed by atoms with Gasteiger partial charge in [-0.1, -0.05) is 35.9 Å². The van der Waals surface area contributed by atoms with Crippen molar-refractivity contribution in [3.63, 3.8) is 0 Å². The van der Waals surface area contributed by atoms with Gasteiger partial charge in [0.1, 0.15) is 12.4 Å². The van der Waals surface area contributed by atoms with Crippen molar-refractivity contribution in [1.82, 2.24) is 5.43 Å². The zero-order valence-corrected chi connectivity index (χ0v) is 17.1. The molecule has 6 heteroatoms. The van der Waals surface area contributed by atoms with Gasteiger partial charge in [0.2, 0.25) is 0 Å². The van der Waals surface area contributed by atoms with E-state index in [-0.39, 0.29) is 5.91 Å². The van der Waals surface area contributed by atoms with Crippen LogP contribution in [0.3, 0.4) is 0 Å². The highest BCUT2D eigenvalue weighted by Crippen LogP contribution is 2.18. The summed E-state index contributed by atoms with van der Waals surface area (Å²) in [7, 11) is 3.90. The summed E-state index contributed by atoms with van der Waals surface area (Å²) in [6, 6.07) is 22.3. The normalized spacial score (nSPS) is 10.7. The molecule has 29 heavy (non-hydrogen) atoms. The van der Waals surface area contributed by atoms with E-state index in [9.17, 15) is 4.79 Å². The van der Waals surface area contributed by atoms with Gasteiger partial charge in [0.05, 0.1) is 6.21 Å². The van der Waals surface area contributed by atoms with Crippen molar-refractivity contribution in [1.29, 1.82) is 0 Å². The molecule has 1 N–H and O–H groups in total. The van der Waals surface area contributed by atoms with E-state index >= 15 is 0 Å². The second kappa shape index (κ2) is 9.75. The lowest BCUT2D eigenvalue weighted by Crippen LogP contribution is -2.18. The number of nitrogens with one attached hydrogen (secondary N) is 1. The maximum atomic E-state index is 12.3. The van der Waals surface area contributed by atoms with Crippen molar-refractivity contribution in [3.8, 4) is 5.75 Å². The van der Waals surface area contributed by atoms with E-state index in [2.05, 4.69) is 10.5 Å². The summed E-state index contributed by atoms with van der Waals surface area (Å²) in [5.74, 6) is 0.405. The number of nitrogens with zero attached hydrogens (tertiary/aromatic N) is 2. The molecule has 0 bridgehead atoms. The lowest BCUT2D eigenvalue weighted by atomic mass is 10.2. The van der Waals surface area contributed by atoms with Crippen molar-refractivity contribution in [2.45, 2.75) is 6.61 Å². The monoisotopic (exact) mass is 407 g/mol. The molecule has 0 spiro atoms. The van der Waals surface area contributed by atoms with Crippen LogP contribution in [0.25, 0.3) is 0 Å². The quantitative estimate of drug-likeness (QED) is 0.454. The Bertz CT molecular complexity index is 984.